The fourth-order valence-corrected chi connectivity index (χ4v) is 1.63. The molecule has 0 aliphatic carbocycles. The Morgan fingerprint density at radius 1 is 1.11 bits per heavy atom. The van der Waals surface area contributed by atoms with E-state index in [1.54, 1.807) is 26.4 Å². The van der Waals surface area contributed by atoms with E-state index < -0.39 is 0 Å². The minimum atomic E-state index is 0.109. The van der Waals surface area contributed by atoms with Gasteiger partial charge in [0, 0.05) is 18.6 Å². The van der Waals surface area contributed by atoms with Crippen molar-refractivity contribution in [2.75, 3.05) is 27.1 Å². The van der Waals surface area contributed by atoms with Gasteiger partial charge in [-0.2, -0.15) is 0 Å². The lowest BCUT2D eigenvalue weighted by atomic mass is 10.2. The first kappa shape index (κ1) is 14.3. The third-order valence-electron chi connectivity index (χ3n) is 2.20. The maximum absolute atomic E-state index is 7.00. The molecule has 0 atom stereocenters. The number of aromatic nitrogens is 2. The average molecular weight is 272 g/mol. The number of rotatable bonds is 2. The normalized spacial score (nSPS) is 9.61. The van der Waals surface area contributed by atoms with Crippen molar-refractivity contribution < 1.29 is 14.6 Å². The lowest BCUT2D eigenvalue weighted by molar-refractivity contribution is 0.356. The van der Waals surface area contributed by atoms with Crippen molar-refractivity contribution in [3.05, 3.63) is 17.4 Å². The Bertz CT molecular complexity index is 549. The number of hydrogen-bond acceptors (Lipinski definition) is 6. The highest BCUT2D eigenvalue weighted by atomic mass is 35.5. The van der Waals surface area contributed by atoms with Crippen LogP contribution in [0.15, 0.2) is 12.1 Å². The first-order valence-electron chi connectivity index (χ1n) is 4.95. The molecule has 3 N–H and O–H groups in total. The molecule has 1 aromatic carbocycles. The number of nitrogens with two attached hydrogens (primary N) is 1. The quantitative estimate of drug-likeness (QED) is 0.804. The Morgan fingerprint density at radius 2 is 1.67 bits per heavy atom. The Kier molecular flexibility index (Phi) is 4.94. The van der Waals surface area contributed by atoms with Crippen LogP contribution in [0.5, 0.6) is 11.5 Å². The van der Waals surface area contributed by atoms with Crippen LogP contribution < -0.4 is 15.2 Å². The molecule has 0 aliphatic rings. The minimum absolute atomic E-state index is 0.109. The van der Waals surface area contributed by atoms with Gasteiger partial charge in [0.1, 0.15) is 5.82 Å². The molecular formula is C11H14ClN3O3. The van der Waals surface area contributed by atoms with Crippen LogP contribution in [-0.4, -0.2) is 36.4 Å². The van der Waals surface area contributed by atoms with Crippen LogP contribution in [0.1, 0.15) is 0 Å². The van der Waals surface area contributed by atoms with E-state index in [0.29, 0.717) is 28.2 Å². The van der Waals surface area contributed by atoms with Gasteiger partial charge in [-0.05, 0) is 17.7 Å². The maximum atomic E-state index is 7.00. The van der Waals surface area contributed by atoms with Gasteiger partial charge in [0.25, 0.3) is 0 Å². The van der Waals surface area contributed by atoms with Crippen molar-refractivity contribution >= 4 is 28.3 Å². The molecule has 18 heavy (non-hydrogen) atoms. The maximum Gasteiger partial charge on any atom is 0.224 e. The summed E-state index contributed by atoms with van der Waals surface area (Å²) in [7, 11) is 4.10. The van der Waals surface area contributed by atoms with Gasteiger partial charge in [-0.15, -0.1) is 0 Å². The number of aliphatic hydroxyl groups excluding tert-OH is 1. The summed E-state index contributed by atoms with van der Waals surface area (Å²) in [5.74, 6) is 1.47. The van der Waals surface area contributed by atoms with Crippen LogP contribution >= 0.6 is 11.6 Å². The van der Waals surface area contributed by atoms with Gasteiger partial charge in [-0.25, -0.2) is 9.97 Å². The van der Waals surface area contributed by atoms with Crippen LogP contribution in [0, 0.1) is 0 Å². The SMILES string of the molecule is CO.COc1cc2nc(Cl)nc(N)c2cc1OC. The molecule has 2 aromatic rings. The molecule has 0 fully saturated rings. The second-order valence-electron chi connectivity index (χ2n) is 3.10. The summed E-state index contributed by atoms with van der Waals surface area (Å²) in [6.45, 7) is 0. The fraction of sp³-hybridized carbons (Fsp3) is 0.273. The molecule has 0 saturated heterocycles. The van der Waals surface area contributed by atoms with Gasteiger partial charge < -0.3 is 20.3 Å². The molecule has 0 saturated carbocycles. The number of hydrogen-bond donors (Lipinski definition) is 2. The molecule has 7 heteroatoms. The zero-order valence-electron chi connectivity index (χ0n) is 10.3. The molecule has 98 valence electrons. The summed E-state index contributed by atoms with van der Waals surface area (Å²) >= 11 is 5.72. The van der Waals surface area contributed by atoms with Gasteiger partial charge in [0.05, 0.1) is 19.7 Å². The van der Waals surface area contributed by atoms with Crippen molar-refractivity contribution in [1.82, 2.24) is 9.97 Å². The number of aliphatic hydroxyl groups is 1. The van der Waals surface area contributed by atoms with Gasteiger partial charge >= 0.3 is 0 Å². The van der Waals surface area contributed by atoms with E-state index in [1.807, 2.05) is 0 Å². The lowest BCUT2D eigenvalue weighted by Crippen LogP contribution is -1.97. The molecule has 0 radical (unpaired) electrons. The Labute approximate surface area is 109 Å². The smallest absolute Gasteiger partial charge is 0.224 e. The van der Waals surface area contributed by atoms with Gasteiger partial charge in [-0.3, -0.25) is 0 Å². The molecule has 0 aliphatic heterocycles. The Balaban J connectivity index is 0.000000771. The van der Waals surface area contributed by atoms with E-state index in [2.05, 4.69) is 9.97 Å². The van der Waals surface area contributed by atoms with Crippen LogP contribution in [0.3, 0.4) is 0 Å². The molecule has 1 aromatic heterocycles. The highest BCUT2D eigenvalue weighted by Crippen LogP contribution is 2.33. The largest absolute Gasteiger partial charge is 0.493 e. The van der Waals surface area contributed by atoms with E-state index in [-0.39, 0.29) is 5.28 Å². The third kappa shape index (κ3) is 2.72. The van der Waals surface area contributed by atoms with Crippen LogP contribution in [0.4, 0.5) is 5.82 Å². The zero-order chi connectivity index (χ0) is 13.7. The number of anilines is 1. The molecule has 0 unspecified atom stereocenters. The molecule has 0 bridgehead atoms. The fourth-order valence-electron chi connectivity index (χ4n) is 1.45. The van der Waals surface area contributed by atoms with Crippen molar-refractivity contribution in [2.45, 2.75) is 0 Å². The van der Waals surface area contributed by atoms with Gasteiger partial charge in [-0.1, -0.05) is 0 Å². The molecule has 2 rings (SSSR count). The summed E-state index contributed by atoms with van der Waals surface area (Å²) in [5, 5.41) is 7.79. The van der Waals surface area contributed by atoms with Crippen molar-refractivity contribution in [3.63, 3.8) is 0 Å². The molecule has 1 heterocycles. The van der Waals surface area contributed by atoms with E-state index in [1.165, 1.54) is 0 Å². The predicted octanol–water partition coefficient (Wildman–Crippen LogP) is 1.49. The number of nitrogens with zero attached hydrogens (tertiary/aromatic N) is 2. The van der Waals surface area contributed by atoms with E-state index >= 15 is 0 Å². The van der Waals surface area contributed by atoms with Gasteiger partial charge in [0.15, 0.2) is 11.5 Å². The summed E-state index contributed by atoms with van der Waals surface area (Å²) in [4.78, 5) is 7.93. The highest BCUT2D eigenvalue weighted by Gasteiger charge is 2.10. The van der Waals surface area contributed by atoms with E-state index in [0.717, 1.165) is 7.11 Å². The summed E-state index contributed by atoms with van der Waals surface area (Å²) in [5.41, 5.74) is 6.36. The Morgan fingerprint density at radius 3 is 2.22 bits per heavy atom. The zero-order valence-corrected chi connectivity index (χ0v) is 11.0. The number of fused-ring (bicyclic) bond motifs is 1. The van der Waals surface area contributed by atoms with Crippen molar-refractivity contribution in [2.24, 2.45) is 0 Å². The number of nitrogen functional groups attached to an aromatic ring is 1. The molecule has 6 nitrogen and oxygen atoms in total. The number of ether oxygens (including phenoxy) is 2. The third-order valence-corrected chi connectivity index (χ3v) is 2.37. The van der Waals surface area contributed by atoms with Gasteiger partial charge in [0.2, 0.25) is 5.28 Å². The summed E-state index contributed by atoms with van der Waals surface area (Å²) in [6.07, 6.45) is 0. The molecule has 0 amide bonds. The topological polar surface area (TPSA) is 90.5 Å². The second kappa shape index (κ2) is 6.23. The predicted molar refractivity (Wildman–Crippen MR) is 70.2 cm³/mol. The van der Waals surface area contributed by atoms with E-state index in [9.17, 15) is 0 Å². The number of benzene rings is 1. The Hall–Kier alpha value is -1.79. The first-order chi connectivity index (χ1) is 8.65. The number of methoxy groups -OCH3 is 2. The van der Waals surface area contributed by atoms with Crippen LogP contribution in [-0.2, 0) is 0 Å². The summed E-state index contributed by atoms with van der Waals surface area (Å²) in [6, 6.07) is 3.43. The van der Waals surface area contributed by atoms with Crippen LogP contribution in [0.2, 0.25) is 5.28 Å². The van der Waals surface area contributed by atoms with Crippen LogP contribution in [0.25, 0.3) is 10.9 Å². The van der Waals surface area contributed by atoms with E-state index in [4.69, 9.17) is 31.9 Å². The second-order valence-corrected chi connectivity index (χ2v) is 3.44. The average Bonchev–Trinajstić information content (AvgIpc) is 2.39. The molecular weight excluding hydrogens is 258 g/mol. The monoisotopic (exact) mass is 271 g/mol. The first-order valence-corrected chi connectivity index (χ1v) is 5.33. The molecule has 0 spiro atoms. The minimum Gasteiger partial charge on any atom is -0.493 e. The lowest BCUT2D eigenvalue weighted by Gasteiger charge is -2.09. The summed E-state index contributed by atoms with van der Waals surface area (Å²) < 4.78 is 10.3. The van der Waals surface area contributed by atoms with Crippen molar-refractivity contribution in [3.8, 4) is 11.5 Å². The van der Waals surface area contributed by atoms with Crippen molar-refractivity contribution in [1.29, 1.82) is 0 Å². The highest BCUT2D eigenvalue weighted by molar-refractivity contribution is 6.28. The number of halogens is 1. The standard InChI is InChI=1S/C10H10ClN3O2.CH4O/c1-15-7-3-5-6(4-8(7)16-2)13-10(11)14-9(5)12;1-2/h3-4H,1-2H3,(H2,12,13,14);2H,1H3.